The molecule has 6 heteroatoms. The molecule has 0 saturated carbocycles. The van der Waals surface area contributed by atoms with Gasteiger partial charge in [0.15, 0.2) is 0 Å². The zero-order valence-corrected chi connectivity index (χ0v) is 17.7. The van der Waals surface area contributed by atoms with Crippen molar-refractivity contribution in [2.24, 2.45) is 0 Å². The van der Waals surface area contributed by atoms with Crippen molar-refractivity contribution in [3.8, 4) is 22.8 Å². The first-order chi connectivity index (χ1) is 14.7. The molecule has 1 aliphatic heterocycles. The van der Waals surface area contributed by atoms with Gasteiger partial charge < -0.3 is 24.4 Å². The number of nitrogens with zero attached hydrogens (tertiary/aromatic N) is 3. The maximum atomic E-state index is 9.00. The molecule has 0 aliphatic carbocycles. The highest BCUT2D eigenvalue weighted by Crippen LogP contribution is 2.36. The van der Waals surface area contributed by atoms with Crippen LogP contribution in [-0.4, -0.2) is 68.0 Å². The lowest BCUT2D eigenvalue weighted by Crippen LogP contribution is -2.46. The van der Waals surface area contributed by atoms with Crippen LogP contribution in [0.2, 0.25) is 0 Å². The molecule has 158 valence electrons. The largest absolute Gasteiger partial charge is 0.496 e. The summed E-state index contributed by atoms with van der Waals surface area (Å²) in [5, 5.41) is 11.3. The lowest BCUT2D eigenvalue weighted by Gasteiger charge is -2.35. The Bertz CT molecular complexity index is 1000. The zero-order chi connectivity index (χ0) is 20.9. The second kappa shape index (κ2) is 9.32. The number of aliphatic hydroxyl groups excluding tert-OH is 1. The van der Waals surface area contributed by atoms with Crippen molar-refractivity contribution < 1.29 is 14.6 Å². The van der Waals surface area contributed by atoms with E-state index in [0.717, 1.165) is 55.2 Å². The number of fused-ring (bicyclic) bond motifs is 1. The molecule has 0 atom stereocenters. The van der Waals surface area contributed by atoms with Gasteiger partial charge in [-0.25, -0.2) is 4.98 Å². The van der Waals surface area contributed by atoms with Crippen LogP contribution in [0.3, 0.4) is 0 Å². The van der Waals surface area contributed by atoms with Gasteiger partial charge in [-0.3, -0.25) is 0 Å². The van der Waals surface area contributed by atoms with Gasteiger partial charge in [-0.2, -0.15) is 0 Å². The molecule has 3 aromatic rings. The summed E-state index contributed by atoms with van der Waals surface area (Å²) in [5.41, 5.74) is 1.81. The van der Waals surface area contributed by atoms with Crippen molar-refractivity contribution >= 4 is 16.6 Å². The van der Waals surface area contributed by atoms with Crippen molar-refractivity contribution in [1.82, 2.24) is 9.88 Å². The third-order valence-corrected chi connectivity index (χ3v) is 5.65. The van der Waals surface area contributed by atoms with Gasteiger partial charge in [-0.15, -0.1) is 0 Å². The van der Waals surface area contributed by atoms with Crippen LogP contribution < -0.4 is 14.4 Å². The second-order valence-corrected chi connectivity index (χ2v) is 7.41. The predicted octanol–water partition coefficient (Wildman–Crippen LogP) is 3.42. The van der Waals surface area contributed by atoms with E-state index in [1.54, 1.807) is 7.11 Å². The standard InChI is InChI=1S/C24H29N3O3/c1-3-26-10-12-27(13-11-26)24-20-7-5-4-6-18(20)16-22(25-24)21-9-8-19(30-15-14-28)17-23(21)29-2/h4-9,16-17,28H,3,10-15H2,1-2H3. The van der Waals surface area contributed by atoms with Gasteiger partial charge in [-0.1, -0.05) is 31.2 Å². The molecule has 0 amide bonds. The first-order valence-corrected chi connectivity index (χ1v) is 10.5. The molecule has 1 aromatic heterocycles. The fraction of sp³-hybridized carbons (Fsp3) is 0.375. The number of hydrogen-bond donors (Lipinski definition) is 1. The second-order valence-electron chi connectivity index (χ2n) is 7.41. The van der Waals surface area contributed by atoms with Gasteiger partial charge >= 0.3 is 0 Å². The Morgan fingerprint density at radius 3 is 2.57 bits per heavy atom. The molecule has 2 heterocycles. The van der Waals surface area contributed by atoms with E-state index in [9.17, 15) is 0 Å². The molecule has 0 bridgehead atoms. The fourth-order valence-electron chi connectivity index (χ4n) is 3.97. The van der Waals surface area contributed by atoms with E-state index in [1.165, 1.54) is 5.39 Å². The Morgan fingerprint density at radius 1 is 1.03 bits per heavy atom. The number of methoxy groups -OCH3 is 1. The summed E-state index contributed by atoms with van der Waals surface area (Å²) in [4.78, 5) is 9.95. The lowest BCUT2D eigenvalue weighted by atomic mass is 10.0. The van der Waals surface area contributed by atoms with Crippen LogP contribution in [0.4, 0.5) is 5.82 Å². The summed E-state index contributed by atoms with van der Waals surface area (Å²) in [6, 6.07) is 16.3. The van der Waals surface area contributed by atoms with E-state index < -0.39 is 0 Å². The molecule has 4 rings (SSSR count). The van der Waals surface area contributed by atoms with E-state index in [4.69, 9.17) is 19.6 Å². The van der Waals surface area contributed by atoms with Gasteiger partial charge in [0.2, 0.25) is 0 Å². The quantitative estimate of drug-likeness (QED) is 0.648. The smallest absolute Gasteiger partial charge is 0.137 e. The lowest BCUT2D eigenvalue weighted by molar-refractivity contribution is 0.201. The van der Waals surface area contributed by atoms with Crippen LogP contribution in [0.5, 0.6) is 11.5 Å². The summed E-state index contributed by atoms with van der Waals surface area (Å²) in [6.45, 7) is 7.58. The third-order valence-electron chi connectivity index (χ3n) is 5.65. The van der Waals surface area contributed by atoms with Crippen LogP contribution in [0.15, 0.2) is 48.5 Å². The summed E-state index contributed by atoms with van der Waals surface area (Å²) in [5.74, 6) is 2.40. The molecule has 0 spiro atoms. The number of rotatable bonds is 7. The molecule has 2 aromatic carbocycles. The molecule has 0 radical (unpaired) electrons. The zero-order valence-electron chi connectivity index (χ0n) is 17.7. The first-order valence-electron chi connectivity index (χ1n) is 10.5. The number of hydrogen-bond acceptors (Lipinski definition) is 6. The Labute approximate surface area is 177 Å². The topological polar surface area (TPSA) is 58.1 Å². The summed E-state index contributed by atoms with van der Waals surface area (Å²) < 4.78 is 11.2. The van der Waals surface area contributed by atoms with Crippen LogP contribution in [0.25, 0.3) is 22.0 Å². The Morgan fingerprint density at radius 2 is 1.83 bits per heavy atom. The predicted molar refractivity (Wildman–Crippen MR) is 121 cm³/mol. The number of aliphatic hydroxyl groups is 1. The average molecular weight is 408 g/mol. The Kier molecular flexibility index (Phi) is 6.35. The maximum absolute atomic E-state index is 9.00. The minimum absolute atomic E-state index is 0.0229. The van der Waals surface area contributed by atoms with E-state index in [1.807, 2.05) is 18.2 Å². The number of aromatic nitrogens is 1. The van der Waals surface area contributed by atoms with Crippen LogP contribution in [0, 0.1) is 0 Å². The van der Waals surface area contributed by atoms with Crippen molar-refractivity contribution in [2.75, 3.05) is 57.9 Å². The molecule has 1 saturated heterocycles. The SMILES string of the molecule is CCN1CCN(c2nc(-c3ccc(OCCO)cc3OC)cc3ccccc23)CC1. The van der Waals surface area contributed by atoms with Crippen molar-refractivity contribution in [3.05, 3.63) is 48.5 Å². The highest BCUT2D eigenvalue weighted by molar-refractivity contribution is 5.95. The molecule has 30 heavy (non-hydrogen) atoms. The number of pyridine rings is 1. The molecular formula is C24H29N3O3. The normalized spacial score (nSPS) is 14.8. The fourth-order valence-corrected chi connectivity index (χ4v) is 3.97. The summed E-state index contributed by atoms with van der Waals surface area (Å²) >= 11 is 0. The van der Waals surface area contributed by atoms with Gasteiger partial charge in [0, 0.05) is 43.2 Å². The monoisotopic (exact) mass is 407 g/mol. The van der Waals surface area contributed by atoms with Crippen LogP contribution in [-0.2, 0) is 0 Å². The molecule has 6 nitrogen and oxygen atoms in total. The number of anilines is 1. The number of piperazine rings is 1. The Balaban J connectivity index is 1.75. The minimum atomic E-state index is -0.0229. The minimum Gasteiger partial charge on any atom is -0.496 e. The van der Waals surface area contributed by atoms with Gasteiger partial charge in [0.05, 0.1) is 19.4 Å². The number of likely N-dealkylation sites (N-methyl/N-ethyl adjacent to an activating group) is 1. The highest BCUT2D eigenvalue weighted by atomic mass is 16.5. The molecule has 1 aliphatic rings. The molecule has 1 N–H and O–H groups in total. The third kappa shape index (κ3) is 4.20. The highest BCUT2D eigenvalue weighted by Gasteiger charge is 2.20. The van der Waals surface area contributed by atoms with Crippen molar-refractivity contribution in [1.29, 1.82) is 0 Å². The van der Waals surface area contributed by atoms with E-state index in [2.05, 4.69) is 47.1 Å². The maximum Gasteiger partial charge on any atom is 0.137 e. The van der Waals surface area contributed by atoms with Crippen molar-refractivity contribution in [2.45, 2.75) is 6.92 Å². The Hall–Kier alpha value is -2.83. The summed E-state index contributed by atoms with van der Waals surface area (Å²) in [6.07, 6.45) is 0. The average Bonchev–Trinajstić information content (AvgIpc) is 2.82. The van der Waals surface area contributed by atoms with Gasteiger partial charge in [0.1, 0.15) is 23.9 Å². The number of benzene rings is 2. The van der Waals surface area contributed by atoms with E-state index >= 15 is 0 Å². The molecular weight excluding hydrogens is 378 g/mol. The number of ether oxygens (including phenoxy) is 2. The van der Waals surface area contributed by atoms with Crippen LogP contribution >= 0.6 is 0 Å². The van der Waals surface area contributed by atoms with Crippen molar-refractivity contribution in [3.63, 3.8) is 0 Å². The summed E-state index contributed by atoms with van der Waals surface area (Å²) in [7, 11) is 1.65. The molecule has 1 fully saturated rings. The van der Waals surface area contributed by atoms with Gasteiger partial charge in [-0.05, 0) is 30.1 Å². The first kappa shape index (κ1) is 20.4. The van der Waals surface area contributed by atoms with Gasteiger partial charge in [0.25, 0.3) is 0 Å². The molecule has 0 unspecified atom stereocenters. The van der Waals surface area contributed by atoms with E-state index in [0.29, 0.717) is 11.5 Å². The van der Waals surface area contributed by atoms with E-state index in [-0.39, 0.29) is 13.2 Å². The van der Waals surface area contributed by atoms with Crippen LogP contribution in [0.1, 0.15) is 6.92 Å².